The number of carbonyl (C=O) groups excluding carboxylic acids is 1. The minimum Gasteiger partial charge on any atom is -0.475 e. The van der Waals surface area contributed by atoms with Crippen LogP contribution in [0.5, 0.6) is 0 Å². The van der Waals surface area contributed by atoms with E-state index in [2.05, 4.69) is 20.3 Å². The maximum absolute atomic E-state index is 14.2. The van der Waals surface area contributed by atoms with Crippen molar-refractivity contribution in [1.29, 1.82) is 0 Å². The highest BCUT2D eigenvalue weighted by atomic mass is 19.4. The van der Waals surface area contributed by atoms with Crippen molar-refractivity contribution in [3.63, 3.8) is 0 Å². The Hall–Kier alpha value is -3.42. The number of hydrogen-bond acceptors (Lipinski definition) is 7. The van der Waals surface area contributed by atoms with Crippen molar-refractivity contribution in [3.05, 3.63) is 35.4 Å². The summed E-state index contributed by atoms with van der Waals surface area (Å²) >= 11 is 0. The third kappa shape index (κ3) is 5.78. The number of rotatable bonds is 4. The molecule has 2 fully saturated rings. The first-order chi connectivity index (χ1) is 17.2. The molecule has 2 aromatic heterocycles. The van der Waals surface area contributed by atoms with E-state index in [9.17, 15) is 26.7 Å². The Morgan fingerprint density at radius 3 is 2.38 bits per heavy atom. The molecule has 14 heteroatoms. The first kappa shape index (κ1) is 26.6. The topological polar surface area (TPSA) is 118 Å². The van der Waals surface area contributed by atoms with Gasteiger partial charge in [-0.2, -0.15) is 22.0 Å². The average Bonchev–Trinajstić information content (AvgIpc) is 3.23. The van der Waals surface area contributed by atoms with E-state index in [1.54, 1.807) is 18.3 Å². The molecule has 37 heavy (non-hydrogen) atoms. The lowest BCUT2D eigenvalue weighted by atomic mass is 10.0. The summed E-state index contributed by atoms with van der Waals surface area (Å²) in [6.07, 6.45) is -0.510. The molecule has 2 aliphatic heterocycles. The van der Waals surface area contributed by atoms with Gasteiger partial charge in [0.05, 0.1) is 18.0 Å². The van der Waals surface area contributed by atoms with Crippen LogP contribution in [0.1, 0.15) is 56.1 Å². The molecule has 0 aromatic carbocycles. The van der Waals surface area contributed by atoms with Crippen LogP contribution >= 0.6 is 0 Å². The van der Waals surface area contributed by atoms with Crippen LogP contribution in [0.15, 0.2) is 18.3 Å². The standard InChI is InChI=1S/C21H23F2N5O2.C2HF3O2/c1-12(29)25-17-8-16-14(9-24-17)21(4-5-21)11-28(16)18-7-15(13-3-6-30-10-13)26-19(27-18)20(2,22)23;3-2(4,5)1(6)7/h7-9,13H,3-6,10-11H2,1-2H3,(H,24,25,29);(H,6,7). The maximum atomic E-state index is 14.2. The molecule has 0 bridgehead atoms. The van der Waals surface area contributed by atoms with Crippen molar-refractivity contribution in [1.82, 2.24) is 15.0 Å². The van der Waals surface area contributed by atoms with Gasteiger partial charge in [-0.25, -0.2) is 19.7 Å². The van der Waals surface area contributed by atoms with E-state index in [1.165, 1.54) is 6.92 Å². The molecular formula is C23H24F5N5O4. The highest BCUT2D eigenvalue weighted by Crippen LogP contribution is 2.58. The minimum atomic E-state index is -5.08. The Kier molecular flexibility index (Phi) is 6.82. The molecule has 1 saturated carbocycles. The Labute approximate surface area is 208 Å². The fraction of sp³-hybridized carbons (Fsp3) is 0.522. The summed E-state index contributed by atoms with van der Waals surface area (Å²) in [5, 5.41) is 9.83. The number of alkyl halides is 5. The van der Waals surface area contributed by atoms with E-state index in [0.717, 1.165) is 37.4 Å². The third-order valence-corrected chi connectivity index (χ3v) is 6.35. The zero-order valence-corrected chi connectivity index (χ0v) is 19.9. The van der Waals surface area contributed by atoms with Gasteiger partial charge in [0, 0.05) is 62.2 Å². The number of carboxylic acid groups (broad SMARTS) is 1. The zero-order chi connectivity index (χ0) is 27.2. The molecule has 1 spiro atoms. The lowest BCUT2D eigenvalue weighted by Gasteiger charge is -2.22. The number of carbonyl (C=O) groups is 2. The number of halogens is 5. The predicted octanol–water partition coefficient (Wildman–Crippen LogP) is 4.26. The number of nitrogens with one attached hydrogen (secondary N) is 1. The number of aliphatic carboxylic acids is 1. The van der Waals surface area contributed by atoms with Gasteiger partial charge in [-0.3, -0.25) is 4.79 Å². The fourth-order valence-electron chi connectivity index (χ4n) is 4.35. The molecule has 1 aliphatic carbocycles. The predicted molar refractivity (Wildman–Crippen MR) is 120 cm³/mol. The van der Waals surface area contributed by atoms with Crippen LogP contribution in [-0.2, 0) is 25.7 Å². The summed E-state index contributed by atoms with van der Waals surface area (Å²) < 4.78 is 65.6. The monoisotopic (exact) mass is 529 g/mol. The zero-order valence-electron chi connectivity index (χ0n) is 19.9. The summed E-state index contributed by atoms with van der Waals surface area (Å²) in [6.45, 7) is 3.97. The highest BCUT2D eigenvalue weighted by molar-refractivity contribution is 5.89. The average molecular weight is 529 g/mol. The molecule has 4 heterocycles. The van der Waals surface area contributed by atoms with Crippen LogP contribution in [-0.4, -0.2) is 57.9 Å². The second-order valence-corrected chi connectivity index (χ2v) is 9.36. The molecule has 5 rings (SSSR count). The van der Waals surface area contributed by atoms with Crippen molar-refractivity contribution in [2.24, 2.45) is 0 Å². The second-order valence-electron chi connectivity index (χ2n) is 9.36. The van der Waals surface area contributed by atoms with Crippen LogP contribution in [0, 0.1) is 0 Å². The van der Waals surface area contributed by atoms with Crippen LogP contribution in [0.3, 0.4) is 0 Å². The number of fused-ring (bicyclic) bond motifs is 2. The van der Waals surface area contributed by atoms with Gasteiger partial charge in [-0.05, 0) is 19.3 Å². The van der Waals surface area contributed by atoms with Crippen LogP contribution in [0.2, 0.25) is 0 Å². The van der Waals surface area contributed by atoms with Gasteiger partial charge in [-0.1, -0.05) is 0 Å². The van der Waals surface area contributed by atoms with Crippen LogP contribution in [0.25, 0.3) is 0 Å². The summed E-state index contributed by atoms with van der Waals surface area (Å²) in [6, 6.07) is 3.60. The van der Waals surface area contributed by atoms with Crippen molar-refractivity contribution >= 4 is 29.2 Å². The van der Waals surface area contributed by atoms with Crippen molar-refractivity contribution in [3.8, 4) is 0 Å². The van der Waals surface area contributed by atoms with E-state index >= 15 is 0 Å². The molecule has 2 N–H and O–H groups in total. The lowest BCUT2D eigenvalue weighted by molar-refractivity contribution is -0.192. The number of ether oxygens (including phenoxy) is 1. The minimum absolute atomic E-state index is 0.0165. The SMILES string of the molecule is CC(=O)Nc1cc2c(cn1)C1(CC1)CN2c1cc(C2CCOC2)nc(C(C)(F)F)n1.O=C(O)C(F)(F)F. The smallest absolute Gasteiger partial charge is 0.475 e. The van der Waals surface area contributed by atoms with Gasteiger partial charge in [0.25, 0.3) is 0 Å². The molecule has 3 aliphatic rings. The maximum Gasteiger partial charge on any atom is 0.490 e. The Morgan fingerprint density at radius 1 is 1.19 bits per heavy atom. The second kappa shape index (κ2) is 9.47. The van der Waals surface area contributed by atoms with Crippen molar-refractivity contribution < 1.29 is 41.4 Å². The summed E-state index contributed by atoms with van der Waals surface area (Å²) in [7, 11) is 0. The summed E-state index contributed by atoms with van der Waals surface area (Å²) in [5.74, 6) is -5.73. The Bertz CT molecular complexity index is 1210. The first-order valence-electron chi connectivity index (χ1n) is 11.4. The van der Waals surface area contributed by atoms with Gasteiger partial charge >= 0.3 is 18.1 Å². The fourth-order valence-corrected chi connectivity index (χ4v) is 4.35. The molecule has 2 aromatic rings. The van der Waals surface area contributed by atoms with Gasteiger partial charge < -0.3 is 20.1 Å². The highest BCUT2D eigenvalue weighted by Gasteiger charge is 2.53. The Balaban J connectivity index is 0.000000405. The van der Waals surface area contributed by atoms with Gasteiger partial charge in [0.2, 0.25) is 11.7 Å². The number of nitrogens with zero attached hydrogens (tertiary/aromatic N) is 4. The molecule has 1 amide bonds. The van der Waals surface area contributed by atoms with E-state index in [-0.39, 0.29) is 17.2 Å². The normalized spacial score (nSPS) is 19.8. The van der Waals surface area contributed by atoms with Crippen molar-refractivity contribution in [2.75, 3.05) is 30.0 Å². The number of anilines is 3. The van der Waals surface area contributed by atoms with Crippen LogP contribution in [0.4, 0.5) is 39.3 Å². The van der Waals surface area contributed by atoms with Gasteiger partial charge in [-0.15, -0.1) is 0 Å². The van der Waals surface area contributed by atoms with Gasteiger partial charge in [0.1, 0.15) is 11.6 Å². The van der Waals surface area contributed by atoms with Crippen molar-refractivity contribution in [2.45, 2.75) is 56.5 Å². The van der Waals surface area contributed by atoms with Crippen LogP contribution < -0.4 is 10.2 Å². The summed E-state index contributed by atoms with van der Waals surface area (Å²) in [4.78, 5) is 35.1. The van der Waals surface area contributed by atoms with E-state index < -0.39 is 23.9 Å². The largest absolute Gasteiger partial charge is 0.490 e. The molecular weight excluding hydrogens is 505 g/mol. The lowest BCUT2D eigenvalue weighted by Crippen LogP contribution is -2.23. The molecule has 1 atom stereocenters. The molecule has 200 valence electrons. The molecule has 1 unspecified atom stereocenters. The number of pyridine rings is 1. The number of aromatic nitrogens is 3. The molecule has 9 nitrogen and oxygen atoms in total. The van der Waals surface area contributed by atoms with E-state index in [4.69, 9.17) is 14.6 Å². The van der Waals surface area contributed by atoms with E-state index in [1.807, 2.05) is 4.90 Å². The molecule has 0 radical (unpaired) electrons. The summed E-state index contributed by atoms with van der Waals surface area (Å²) in [5.41, 5.74) is 2.49. The first-order valence-corrected chi connectivity index (χ1v) is 11.4. The Morgan fingerprint density at radius 2 is 1.86 bits per heavy atom. The molecule has 1 saturated heterocycles. The van der Waals surface area contributed by atoms with E-state index in [0.29, 0.717) is 37.1 Å². The van der Waals surface area contributed by atoms with Gasteiger partial charge in [0.15, 0.2) is 0 Å². The third-order valence-electron chi connectivity index (χ3n) is 6.35. The number of carboxylic acids is 1. The quantitative estimate of drug-likeness (QED) is 0.565. The number of amides is 1. The number of hydrogen-bond donors (Lipinski definition) is 2.